The highest BCUT2D eigenvalue weighted by molar-refractivity contribution is 9.10. The molecule has 0 spiro atoms. The molecular formula is C46H37BrCl2N4O7. The number of fused-ring (bicyclic) bond motifs is 4. The number of phenolic OH excluding ortho intramolecular Hbond substituents is 1. The van der Waals surface area contributed by atoms with E-state index in [1.807, 2.05) is 48.5 Å². The number of methoxy groups -OCH3 is 2. The SMILES string of the molecule is COc1ccc([C@@]23C(=O)N(Nc4ccc(Cl)cc4Cl)C(=O)[C@@H]2C[C@@H]2C(=CC[C@@H]4C(=O)N(c5ccc(Nc6ccccc6)cc5)C(=O)[C@@H]42)[C@@H]3c2cc(Br)cc(OC)c2O)cc1. The number of hydrogen-bond acceptors (Lipinski definition) is 9. The molecule has 0 unspecified atom stereocenters. The highest BCUT2D eigenvalue weighted by Crippen LogP contribution is 2.65. The van der Waals surface area contributed by atoms with Gasteiger partial charge in [0.25, 0.3) is 11.8 Å². The number of carbonyl (C=O) groups is 4. The Morgan fingerprint density at radius 2 is 1.52 bits per heavy atom. The summed E-state index contributed by atoms with van der Waals surface area (Å²) in [5.41, 5.74) is 5.13. The summed E-state index contributed by atoms with van der Waals surface area (Å²) >= 11 is 16.4. The van der Waals surface area contributed by atoms with Gasteiger partial charge >= 0.3 is 0 Å². The number of carbonyl (C=O) groups excluding carboxylic acids is 4. The normalized spacial score (nSPS) is 24.4. The first-order chi connectivity index (χ1) is 29.0. The Morgan fingerprint density at radius 3 is 2.20 bits per heavy atom. The first-order valence-electron chi connectivity index (χ1n) is 19.3. The summed E-state index contributed by atoms with van der Waals surface area (Å²) < 4.78 is 11.7. The molecule has 304 valence electrons. The smallest absolute Gasteiger partial charge is 0.260 e. The van der Waals surface area contributed by atoms with Crippen molar-refractivity contribution in [1.82, 2.24) is 5.01 Å². The number of aromatic hydroxyl groups is 1. The molecule has 4 amide bonds. The number of phenols is 1. The van der Waals surface area contributed by atoms with Crippen LogP contribution in [0.5, 0.6) is 17.2 Å². The maximum Gasteiger partial charge on any atom is 0.260 e. The molecule has 9 rings (SSSR count). The Bertz CT molecular complexity index is 2610. The zero-order valence-electron chi connectivity index (χ0n) is 32.2. The number of anilines is 4. The summed E-state index contributed by atoms with van der Waals surface area (Å²) in [6.45, 7) is 0. The third kappa shape index (κ3) is 6.22. The van der Waals surface area contributed by atoms with Gasteiger partial charge in [-0.3, -0.25) is 29.5 Å². The minimum Gasteiger partial charge on any atom is -0.504 e. The summed E-state index contributed by atoms with van der Waals surface area (Å²) in [5, 5.41) is 16.9. The lowest BCUT2D eigenvalue weighted by Crippen LogP contribution is -2.53. The van der Waals surface area contributed by atoms with Crippen LogP contribution in [-0.2, 0) is 24.6 Å². The van der Waals surface area contributed by atoms with Gasteiger partial charge in [-0.25, -0.2) is 0 Å². The van der Waals surface area contributed by atoms with Crippen LogP contribution in [0.1, 0.15) is 29.9 Å². The Labute approximate surface area is 364 Å². The number of rotatable bonds is 9. The molecule has 11 nitrogen and oxygen atoms in total. The number of nitrogens with zero attached hydrogens (tertiary/aromatic N) is 2. The first kappa shape index (κ1) is 39.6. The molecule has 0 bridgehead atoms. The second-order valence-corrected chi connectivity index (χ2v) is 17.1. The Hall–Kier alpha value is -5.82. The van der Waals surface area contributed by atoms with Gasteiger partial charge in [0, 0.05) is 32.4 Å². The quantitative estimate of drug-likeness (QED) is 0.0976. The number of allylic oxidation sites excluding steroid dienone is 2. The fourth-order valence-corrected chi connectivity index (χ4v) is 10.7. The van der Waals surface area contributed by atoms with Gasteiger partial charge in [0.15, 0.2) is 11.5 Å². The van der Waals surface area contributed by atoms with Crippen molar-refractivity contribution in [3.63, 3.8) is 0 Å². The lowest BCUT2D eigenvalue weighted by atomic mass is 9.49. The molecule has 2 aliphatic heterocycles. The van der Waals surface area contributed by atoms with Gasteiger partial charge in [0.1, 0.15) is 5.75 Å². The summed E-state index contributed by atoms with van der Waals surface area (Å²) in [4.78, 5) is 61.2. The maximum atomic E-state index is 15.6. The summed E-state index contributed by atoms with van der Waals surface area (Å²) in [6.07, 6.45) is 2.17. The van der Waals surface area contributed by atoms with Gasteiger partial charge in [0.05, 0.1) is 53.8 Å². The van der Waals surface area contributed by atoms with Crippen LogP contribution in [-0.4, -0.2) is 48.0 Å². The topological polar surface area (TPSA) is 138 Å². The fourth-order valence-electron chi connectivity index (χ4n) is 9.79. The molecule has 6 atom stereocenters. The number of nitrogens with one attached hydrogen (secondary N) is 2. The number of ether oxygens (including phenoxy) is 2. The molecule has 5 aromatic carbocycles. The standard InChI is InChI=1S/C46H37BrCl2N4O7/c1-59-30-15-8-24(9-16-30)46-35(43(56)53(45(46)58)51-37-19-10-26(48)22-36(37)49)23-33-31(40(46)34-20-25(47)21-38(60-2)41(34)54)17-18-32-39(33)44(57)52(42(32)55)29-13-11-28(12-14-29)50-27-6-4-3-5-7-27/h3-17,19-22,32-33,35,39-40,50-51,54H,18,23H2,1-2H3/t32-,33+,35-,39-,40+,46+/m0/s1. The van der Waals surface area contributed by atoms with Crippen LogP contribution in [0.15, 0.2) is 125 Å². The van der Waals surface area contributed by atoms with Gasteiger partial charge in [-0.15, -0.1) is 0 Å². The van der Waals surface area contributed by atoms with Crippen LogP contribution in [0.4, 0.5) is 22.7 Å². The second-order valence-electron chi connectivity index (χ2n) is 15.3. The number of amides is 4. The Kier molecular flexibility index (Phi) is 10.1. The zero-order chi connectivity index (χ0) is 42.0. The van der Waals surface area contributed by atoms with E-state index in [0.29, 0.717) is 37.6 Å². The zero-order valence-corrected chi connectivity index (χ0v) is 35.3. The van der Waals surface area contributed by atoms with E-state index in [1.165, 1.54) is 25.2 Å². The van der Waals surface area contributed by atoms with E-state index in [9.17, 15) is 14.7 Å². The number of para-hydroxylation sites is 1. The first-order valence-corrected chi connectivity index (χ1v) is 20.8. The van der Waals surface area contributed by atoms with Crippen molar-refractivity contribution in [2.24, 2.45) is 23.7 Å². The van der Waals surface area contributed by atoms with Crippen LogP contribution in [0, 0.1) is 23.7 Å². The number of hydrazine groups is 1. The maximum absolute atomic E-state index is 15.6. The van der Waals surface area contributed by atoms with E-state index >= 15 is 9.59 Å². The molecule has 14 heteroatoms. The molecule has 2 saturated heterocycles. The van der Waals surface area contributed by atoms with Gasteiger partial charge in [-0.1, -0.05) is 81.1 Å². The number of halogens is 3. The van der Waals surface area contributed by atoms with Crippen molar-refractivity contribution in [3.8, 4) is 17.2 Å². The molecule has 4 aliphatic rings. The Morgan fingerprint density at radius 1 is 0.800 bits per heavy atom. The van der Waals surface area contributed by atoms with E-state index in [4.69, 9.17) is 32.7 Å². The molecule has 1 saturated carbocycles. The molecule has 2 aliphatic carbocycles. The van der Waals surface area contributed by atoms with Crippen LogP contribution < -0.4 is 25.1 Å². The predicted molar refractivity (Wildman–Crippen MR) is 232 cm³/mol. The predicted octanol–water partition coefficient (Wildman–Crippen LogP) is 9.41. The van der Waals surface area contributed by atoms with E-state index in [0.717, 1.165) is 16.4 Å². The molecule has 0 radical (unpaired) electrons. The monoisotopic (exact) mass is 906 g/mol. The van der Waals surface area contributed by atoms with E-state index in [2.05, 4.69) is 26.7 Å². The summed E-state index contributed by atoms with van der Waals surface area (Å²) in [5.74, 6) is -5.82. The molecular weight excluding hydrogens is 871 g/mol. The van der Waals surface area contributed by atoms with Crippen molar-refractivity contribution < 1.29 is 33.8 Å². The third-order valence-corrected chi connectivity index (χ3v) is 13.4. The van der Waals surface area contributed by atoms with Gasteiger partial charge in [-0.2, -0.15) is 5.01 Å². The number of hydrogen-bond donors (Lipinski definition) is 3. The van der Waals surface area contributed by atoms with Crippen molar-refractivity contribution in [1.29, 1.82) is 0 Å². The molecule has 5 aromatic rings. The van der Waals surface area contributed by atoms with Crippen molar-refractivity contribution in [2.45, 2.75) is 24.2 Å². The van der Waals surface area contributed by atoms with Crippen LogP contribution in [0.3, 0.4) is 0 Å². The molecule has 0 aromatic heterocycles. The van der Waals surface area contributed by atoms with Gasteiger partial charge < -0.3 is 19.9 Å². The minimum atomic E-state index is -1.68. The van der Waals surface area contributed by atoms with E-state index < -0.39 is 52.7 Å². The van der Waals surface area contributed by atoms with Crippen molar-refractivity contribution in [2.75, 3.05) is 29.9 Å². The highest BCUT2D eigenvalue weighted by atomic mass is 79.9. The van der Waals surface area contributed by atoms with Crippen LogP contribution in [0.25, 0.3) is 0 Å². The van der Waals surface area contributed by atoms with E-state index in [1.54, 1.807) is 60.7 Å². The average molecular weight is 909 g/mol. The fraction of sp³-hybridized carbons (Fsp3) is 0.217. The van der Waals surface area contributed by atoms with Crippen molar-refractivity contribution in [3.05, 3.63) is 146 Å². The third-order valence-electron chi connectivity index (χ3n) is 12.4. The highest BCUT2D eigenvalue weighted by Gasteiger charge is 2.71. The molecule has 2 heterocycles. The largest absolute Gasteiger partial charge is 0.504 e. The van der Waals surface area contributed by atoms with E-state index in [-0.39, 0.29) is 41.0 Å². The van der Waals surface area contributed by atoms with Crippen molar-refractivity contribution >= 4 is 85.5 Å². The minimum absolute atomic E-state index is 0.0470. The van der Waals surface area contributed by atoms with Crippen LogP contribution >= 0.6 is 39.1 Å². The molecule has 3 N–H and O–H groups in total. The van der Waals surface area contributed by atoms with Gasteiger partial charge in [0.2, 0.25) is 11.8 Å². The Balaban J connectivity index is 1.19. The number of benzene rings is 5. The lowest BCUT2D eigenvalue weighted by molar-refractivity contribution is -0.138. The average Bonchev–Trinajstić information content (AvgIpc) is 3.63. The molecule has 60 heavy (non-hydrogen) atoms. The summed E-state index contributed by atoms with van der Waals surface area (Å²) in [7, 11) is 2.96. The lowest BCUT2D eigenvalue weighted by Gasteiger charge is -2.50. The van der Waals surface area contributed by atoms with Gasteiger partial charge in [-0.05, 0) is 103 Å². The summed E-state index contributed by atoms with van der Waals surface area (Å²) in [6, 6.07) is 31.7. The number of imide groups is 2. The van der Waals surface area contributed by atoms with Crippen LogP contribution in [0.2, 0.25) is 10.0 Å². The molecule has 3 fully saturated rings. The second kappa shape index (κ2) is 15.3.